The molecule has 0 spiro atoms. The average molecular weight is 643 g/mol. The first-order valence-corrected chi connectivity index (χ1v) is 13.8. The fourth-order valence-corrected chi connectivity index (χ4v) is 3.85. The zero-order chi connectivity index (χ0) is 33.4. The van der Waals surface area contributed by atoms with Gasteiger partial charge in [0.15, 0.2) is 5.78 Å². The SMILES string of the molecule is CC(C)[C@H](NC(=O)[C@H](CCC(=O)O)NC(=O)[C@H](CC(=O)O)NC(=O)OCc1ccccc1)C(=O)N[C@@H](CC(=O)O)C(=O)CCl. The van der Waals surface area contributed by atoms with Crippen LogP contribution in [-0.2, 0) is 44.9 Å². The Bertz CT molecular complexity index is 1210. The Balaban J connectivity index is 3.08. The summed E-state index contributed by atoms with van der Waals surface area (Å²) in [5.41, 5.74) is 0.609. The van der Waals surface area contributed by atoms with Gasteiger partial charge in [-0.2, -0.15) is 0 Å². The fraction of sp³-hybridized carbons (Fsp3) is 0.481. The van der Waals surface area contributed by atoms with Crippen LogP contribution < -0.4 is 21.3 Å². The van der Waals surface area contributed by atoms with Crippen LogP contribution in [-0.4, -0.2) is 92.9 Å². The van der Waals surface area contributed by atoms with Crippen LogP contribution >= 0.6 is 11.6 Å². The lowest BCUT2D eigenvalue weighted by Gasteiger charge is -2.27. The van der Waals surface area contributed by atoms with E-state index in [1.807, 2.05) is 0 Å². The predicted octanol–water partition coefficient (Wildman–Crippen LogP) is 0.0139. The highest BCUT2D eigenvalue weighted by molar-refractivity contribution is 6.28. The Morgan fingerprint density at radius 3 is 1.80 bits per heavy atom. The number of rotatable bonds is 19. The zero-order valence-electron chi connectivity index (χ0n) is 23.9. The number of benzene rings is 1. The monoisotopic (exact) mass is 642 g/mol. The number of amides is 4. The maximum absolute atomic E-state index is 13.2. The highest BCUT2D eigenvalue weighted by Crippen LogP contribution is 2.08. The van der Waals surface area contributed by atoms with Gasteiger partial charge < -0.3 is 41.3 Å². The van der Waals surface area contributed by atoms with Gasteiger partial charge in [-0.25, -0.2) is 4.79 Å². The van der Waals surface area contributed by atoms with Gasteiger partial charge in [0, 0.05) is 6.42 Å². The summed E-state index contributed by atoms with van der Waals surface area (Å²) in [4.78, 5) is 97.2. The number of ketones is 1. The van der Waals surface area contributed by atoms with E-state index in [9.17, 15) is 43.5 Å². The molecule has 0 unspecified atom stereocenters. The van der Waals surface area contributed by atoms with E-state index in [1.54, 1.807) is 30.3 Å². The van der Waals surface area contributed by atoms with Crippen molar-refractivity contribution in [2.45, 2.75) is 70.3 Å². The molecule has 0 radical (unpaired) electrons. The van der Waals surface area contributed by atoms with Gasteiger partial charge in [0.2, 0.25) is 17.7 Å². The number of hydrogen-bond donors (Lipinski definition) is 7. The smallest absolute Gasteiger partial charge is 0.408 e. The molecule has 1 aromatic rings. The summed E-state index contributed by atoms with van der Waals surface area (Å²) in [6, 6.07) is 2.21. The van der Waals surface area contributed by atoms with E-state index >= 15 is 0 Å². The molecule has 1 aromatic carbocycles. The molecule has 17 heteroatoms. The van der Waals surface area contributed by atoms with Gasteiger partial charge in [0.05, 0.1) is 24.8 Å². The molecular formula is C27H35ClN4O12. The molecule has 0 bridgehead atoms. The first-order valence-electron chi connectivity index (χ1n) is 13.3. The Labute approximate surface area is 256 Å². The van der Waals surface area contributed by atoms with Gasteiger partial charge in [-0.1, -0.05) is 44.2 Å². The number of Topliss-reactive ketones (excluding diaryl/α,β-unsaturated/α-hetero) is 1. The van der Waals surface area contributed by atoms with Crippen LogP contribution in [0.4, 0.5) is 4.79 Å². The third-order valence-corrected chi connectivity index (χ3v) is 6.21. The summed E-state index contributed by atoms with van der Waals surface area (Å²) >= 11 is 5.50. The third-order valence-electron chi connectivity index (χ3n) is 5.94. The van der Waals surface area contributed by atoms with E-state index in [4.69, 9.17) is 26.6 Å². The normalized spacial score (nSPS) is 13.4. The van der Waals surface area contributed by atoms with E-state index in [1.165, 1.54) is 13.8 Å². The highest BCUT2D eigenvalue weighted by Gasteiger charge is 2.34. The number of alkyl carbamates (subject to hydrolysis) is 1. The minimum absolute atomic E-state index is 0.194. The Hall–Kier alpha value is -4.73. The molecule has 44 heavy (non-hydrogen) atoms. The van der Waals surface area contributed by atoms with E-state index in [-0.39, 0.29) is 6.61 Å². The van der Waals surface area contributed by atoms with Crippen molar-refractivity contribution < 1.29 is 58.4 Å². The third kappa shape index (κ3) is 14.0. The van der Waals surface area contributed by atoms with E-state index in [0.717, 1.165) is 0 Å². The first kappa shape index (κ1) is 37.3. The van der Waals surface area contributed by atoms with Crippen LogP contribution in [0.25, 0.3) is 0 Å². The number of aliphatic carboxylic acids is 3. The average Bonchev–Trinajstić information content (AvgIpc) is 2.95. The molecule has 0 aliphatic carbocycles. The van der Waals surface area contributed by atoms with Crippen molar-refractivity contribution in [2.75, 3.05) is 5.88 Å². The molecule has 16 nitrogen and oxygen atoms in total. The standard InChI is InChI=1S/C27H35ClN4O12/c1-14(2)23(26(42)30-17(10-21(36)37)19(33)12-28)32-24(40)16(8-9-20(34)35)29-25(41)18(11-22(38)39)31-27(43)44-13-15-6-4-3-5-7-15/h3-7,14,16-18,23H,8-13H2,1-2H3,(H,29,41)(H,30,42)(H,31,43)(H,32,40)(H,34,35)(H,36,37)(H,38,39)/t16-,17-,18-,23-/m0/s1. The maximum atomic E-state index is 13.2. The molecule has 0 aromatic heterocycles. The van der Waals surface area contributed by atoms with Crippen molar-refractivity contribution in [3.05, 3.63) is 35.9 Å². The van der Waals surface area contributed by atoms with E-state index in [2.05, 4.69) is 21.3 Å². The molecular weight excluding hydrogens is 608 g/mol. The molecule has 0 aliphatic rings. The summed E-state index contributed by atoms with van der Waals surface area (Å²) in [7, 11) is 0. The largest absolute Gasteiger partial charge is 0.481 e. The molecule has 242 valence electrons. The van der Waals surface area contributed by atoms with Crippen LogP contribution in [0.15, 0.2) is 30.3 Å². The minimum Gasteiger partial charge on any atom is -0.481 e. The molecule has 0 saturated carbocycles. The van der Waals surface area contributed by atoms with Crippen LogP contribution in [0.1, 0.15) is 45.1 Å². The zero-order valence-corrected chi connectivity index (χ0v) is 24.7. The quantitative estimate of drug-likeness (QED) is 0.0985. The van der Waals surface area contributed by atoms with Gasteiger partial charge >= 0.3 is 24.0 Å². The molecule has 0 fully saturated rings. The molecule has 0 heterocycles. The van der Waals surface area contributed by atoms with E-state index < -0.39 is 109 Å². The van der Waals surface area contributed by atoms with Gasteiger partial charge in [-0.3, -0.25) is 33.6 Å². The van der Waals surface area contributed by atoms with Crippen molar-refractivity contribution >= 4 is 59.1 Å². The number of hydrogen-bond acceptors (Lipinski definition) is 9. The number of nitrogens with one attached hydrogen (secondary N) is 4. The molecule has 1 rings (SSSR count). The van der Waals surface area contributed by atoms with Crippen LogP contribution in [0.3, 0.4) is 0 Å². The van der Waals surface area contributed by atoms with Crippen molar-refractivity contribution in [3.8, 4) is 0 Å². The van der Waals surface area contributed by atoms with E-state index in [0.29, 0.717) is 5.56 Å². The van der Waals surface area contributed by atoms with Gasteiger partial charge in [0.1, 0.15) is 24.7 Å². The van der Waals surface area contributed by atoms with Crippen LogP contribution in [0.5, 0.6) is 0 Å². The second-order valence-corrected chi connectivity index (χ2v) is 10.1. The van der Waals surface area contributed by atoms with Crippen molar-refractivity contribution in [2.24, 2.45) is 5.92 Å². The minimum atomic E-state index is -1.74. The van der Waals surface area contributed by atoms with Gasteiger partial charge in [0.25, 0.3) is 0 Å². The summed E-state index contributed by atoms with van der Waals surface area (Å²) in [6.45, 7) is 2.83. The van der Waals surface area contributed by atoms with Crippen LogP contribution in [0.2, 0.25) is 0 Å². The number of carboxylic acids is 3. The Morgan fingerprint density at radius 2 is 1.27 bits per heavy atom. The fourth-order valence-electron chi connectivity index (χ4n) is 3.66. The molecule has 0 saturated heterocycles. The lowest BCUT2D eigenvalue weighted by molar-refractivity contribution is -0.141. The maximum Gasteiger partial charge on any atom is 0.408 e. The Kier molecular flexibility index (Phi) is 15.9. The topological polar surface area (TPSA) is 255 Å². The molecule has 7 N–H and O–H groups in total. The number of carbonyl (C=O) groups excluding carboxylic acids is 5. The highest BCUT2D eigenvalue weighted by atomic mass is 35.5. The van der Waals surface area contributed by atoms with Crippen LogP contribution in [0, 0.1) is 5.92 Å². The summed E-state index contributed by atoms with van der Waals surface area (Å²) < 4.78 is 5.01. The molecule has 4 amide bonds. The number of alkyl halides is 1. The number of ether oxygens (including phenoxy) is 1. The van der Waals surface area contributed by atoms with Gasteiger partial charge in [-0.15, -0.1) is 11.6 Å². The predicted molar refractivity (Wildman–Crippen MR) is 151 cm³/mol. The molecule has 0 aliphatic heterocycles. The second kappa shape index (κ2) is 18.7. The second-order valence-electron chi connectivity index (χ2n) is 9.84. The lowest BCUT2D eigenvalue weighted by Crippen LogP contribution is -2.59. The van der Waals surface area contributed by atoms with Gasteiger partial charge in [-0.05, 0) is 17.9 Å². The van der Waals surface area contributed by atoms with Crippen molar-refractivity contribution in [1.82, 2.24) is 21.3 Å². The first-order chi connectivity index (χ1) is 20.6. The number of halogens is 1. The summed E-state index contributed by atoms with van der Waals surface area (Å²) in [6.07, 6.45) is -3.96. The number of carbonyl (C=O) groups is 8. The summed E-state index contributed by atoms with van der Waals surface area (Å²) in [5.74, 6) is -9.41. The van der Waals surface area contributed by atoms with Crippen molar-refractivity contribution in [3.63, 3.8) is 0 Å². The van der Waals surface area contributed by atoms with Crippen molar-refractivity contribution in [1.29, 1.82) is 0 Å². The lowest BCUT2D eigenvalue weighted by atomic mass is 10.0. The number of carboxylic acid groups (broad SMARTS) is 3. The summed E-state index contributed by atoms with van der Waals surface area (Å²) in [5, 5.41) is 36.3. The molecule has 4 atom stereocenters. The Morgan fingerprint density at radius 1 is 0.727 bits per heavy atom.